The SMILES string of the molecule is C[C@H]1CN(C(=O)OC(C)(C)C)CC[C@@H]1NC(=O)C(F)(F)Oc1ccccc1C#N. The topological polar surface area (TPSA) is 91.7 Å². The summed E-state index contributed by atoms with van der Waals surface area (Å²) >= 11 is 0. The molecule has 2 amide bonds. The number of carbonyl (C=O) groups is 2. The van der Waals surface area contributed by atoms with Gasteiger partial charge in [-0.05, 0) is 45.2 Å². The maximum Gasteiger partial charge on any atom is 0.482 e. The maximum atomic E-state index is 14.3. The van der Waals surface area contributed by atoms with Crippen LogP contribution < -0.4 is 10.1 Å². The average Bonchev–Trinajstić information content (AvgIpc) is 2.62. The van der Waals surface area contributed by atoms with Crippen molar-refractivity contribution in [1.82, 2.24) is 10.2 Å². The molecule has 0 saturated carbocycles. The van der Waals surface area contributed by atoms with Crippen LogP contribution >= 0.6 is 0 Å². The second-order valence-corrected chi connectivity index (χ2v) is 8.00. The van der Waals surface area contributed by atoms with Gasteiger partial charge in [-0.25, -0.2) is 4.79 Å². The van der Waals surface area contributed by atoms with Crippen molar-refractivity contribution in [2.75, 3.05) is 13.1 Å². The Bertz CT molecular complexity index is 802. The minimum absolute atomic E-state index is 0.0981. The highest BCUT2D eigenvalue weighted by Crippen LogP contribution is 2.26. The van der Waals surface area contributed by atoms with E-state index in [0.29, 0.717) is 6.42 Å². The molecule has 1 aliphatic rings. The predicted molar refractivity (Wildman–Crippen MR) is 100 cm³/mol. The van der Waals surface area contributed by atoms with Crippen LogP contribution in [0.25, 0.3) is 0 Å². The molecule has 1 saturated heterocycles. The first-order chi connectivity index (χ1) is 13.4. The van der Waals surface area contributed by atoms with Crippen LogP contribution in [-0.2, 0) is 9.53 Å². The van der Waals surface area contributed by atoms with Crippen LogP contribution in [-0.4, -0.2) is 47.7 Å². The van der Waals surface area contributed by atoms with Crippen LogP contribution in [0.2, 0.25) is 0 Å². The molecule has 7 nitrogen and oxygen atoms in total. The van der Waals surface area contributed by atoms with E-state index in [0.717, 1.165) is 0 Å². The van der Waals surface area contributed by atoms with E-state index < -0.39 is 29.8 Å². The first-order valence-corrected chi connectivity index (χ1v) is 9.28. The number of hydrogen-bond acceptors (Lipinski definition) is 5. The number of alkyl halides is 2. The molecule has 1 N–H and O–H groups in total. The molecule has 29 heavy (non-hydrogen) atoms. The van der Waals surface area contributed by atoms with Gasteiger partial charge >= 0.3 is 18.1 Å². The van der Waals surface area contributed by atoms with Crippen LogP contribution in [0.15, 0.2) is 24.3 Å². The van der Waals surface area contributed by atoms with Gasteiger partial charge in [-0.15, -0.1) is 0 Å². The number of halogens is 2. The normalized spacial score (nSPS) is 19.8. The number of likely N-dealkylation sites (tertiary alicyclic amines) is 1. The Morgan fingerprint density at radius 3 is 2.52 bits per heavy atom. The van der Waals surface area contributed by atoms with Crippen LogP contribution in [0.4, 0.5) is 13.6 Å². The number of ether oxygens (including phenoxy) is 2. The lowest BCUT2D eigenvalue weighted by molar-refractivity contribution is -0.194. The second-order valence-electron chi connectivity index (χ2n) is 8.00. The molecule has 2 atom stereocenters. The average molecular weight is 409 g/mol. The van der Waals surface area contributed by atoms with Crippen molar-refractivity contribution >= 4 is 12.0 Å². The van der Waals surface area contributed by atoms with Crippen LogP contribution in [0.1, 0.15) is 39.7 Å². The van der Waals surface area contributed by atoms with Gasteiger partial charge < -0.3 is 19.7 Å². The van der Waals surface area contributed by atoms with Crippen LogP contribution in [0.3, 0.4) is 0 Å². The minimum atomic E-state index is -4.14. The molecular formula is C20H25F2N3O4. The van der Waals surface area contributed by atoms with Crippen molar-refractivity contribution in [2.45, 2.75) is 51.9 Å². The van der Waals surface area contributed by atoms with Crippen LogP contribution in [0.5, 0.6) is 5.75 Å². The van der Waals surface area contributed by atoms with Gasteiger partial charge in [0.2, 0.25) is 0 Å². The second kappa shape index (κ2) is 8.64. The van der Waals surface area contributed by atoms with E-state index >= 15 is 0 Å². The summed E-state index contributed by atoms with van der Waals surface area (Å²) in [6.07, 6.45) is -4.32. The van der Waals surface area contributed by atoms with E-state index in [-0.39, 0.29) is 30.3 Å². The number of amides is 2. The number of benzene rings is 1. The fourth-order valence-electron chi connectivity index (χ4n) is 2.94. The van der Waals surface area contributed by atoms with Gasteiger partial charge in [0.1, 0.15) is 17.4 Å². The third kappa shape index (κ3) is 6.04. The van der Waals surface area contributed by atoms with Crippen molar-refractivity contribution in [3.8, 4) is 11.8 Å². The van der Waals surface area contributed by atoms with Gasteiger partial charge in [-0.2, -0.15) is 14.0 Å². The molecular weight excluding hydrogens is 384 g/mol. The highest BCUT2D eigenvalue weighted by molar-refractivity contribution is 5.82. The summed E-state index contributed by atoms with van der Waals surface area (Å²) in [5.74, 6) is -2.22. The molecule has 0 aliphatic carbocycles. The summed E-state index contributed by atoms with van der Waals surface area (Å²) in [4.78, 5) is 25.8. The van der Waals surface area contributed by atoms with Gasteiger partial charge in [-0.1, -0.05) is 19.1 Å². The number of nitrogens with zero attached hydrogens (tertiary/aromatic N) is 2. The number of nitrogens with one attached hydrogen (secondary N) is 1. The summed E-state index contributed by atoms with van der Waals surface area (Å²) in [6.45, 7) is 7.57. The molecule has 1 aliphatic heterocycles. The van der Waals surface area contributed by atoms with E-state index in [4.69, 9.17) is 10.00 Å². The Labute approximate surface area is 168 Å². The lowest BCUT2D eigenvalue weighted by Crippen LogP contribution is -2.56. The quantitative estimate of drug-likeness (QED) is 0.824. The Balaban J connectivity index is 1.97. The van der Waals surface area contributed by atoms with E-state index in [1.54, 1.807) is 33.8 Å². The van der Waals surface area contributed by atoms with E-state index in [1.165, 1.54) is 29.2 Å². The Hall–Kier alpha value is -2.89. The van der Waals surface area contributed by atoms with E-state index in [1.807, 2.05) is 0 Å². The molecule has 9 heteroatoms. The molecule has 1 aromatic rings. The van der Waals surface area contributed by atoms with Crippen molar-refractivity contribution < 1.29 is 27.8 Å². The monoisotopic (exact) mass is 409 g/mol. The number of piperidine rings is 1. The number of hydrogen-bond donors (Lipinski definition) is 1. The fraction of sp³-hybridized carbons (Fsp3) is 0.550. The highest BCUT2D eigenvalue weighted by Gasteiger charge is 2.45. The van der Waals surface area contributed by atoms with Gasteiger partial charge in [0.05, 0.1) is 5.56 Å². The Morgan fingerprint density at radius 2 is 1.93 bits per heavy atom. The lowest BCUT2D eigenvalue weighted by Gasteiger charge is -2.38. The molecule has 1 aromatic carbocycles. The predicted octanol–water partition coefficient (Wildman–Crippen LogP) is 3.29. The zero-order chi connectivity index (χ0) is 21.8. The van der Waals surface area contributed by atoms with E-state index in [2.05, 4.69) is 10.1 Å². The molecule has 0 unspecified atom stereocenters. The zero-order valence-electron chi connectivity index (χ0n) is 16.9. The summed E-state index contributed by atoms with van der Waals surface area (Å²) in [5, 5.41) is 11.3. The third-order valence-electron chi connectivity index (χ3n) is 4.38. The highest BCUT2D eigenvalue weighted by atomic mass is 19.3. The number of carbonyl (C=O) groups excluding carboxylic acids is 2. The van der Waals surface area contributed by atoms with Crippen molar-refractivity contribution in [3.63, 3.8) is 0 Å². The Kier molecular flexibility index (Phi) is 6.67. The van der Waals surface area contributed by atoms with Gasteiger partial charge in [0, 0.05) is 19.1 Å². The van der Waals surface area contributed by atoms with Crippen molar-refractivity contribution in [3.05, 3.63) is 29.8 Å². The lowest BCUT2D eigenvalue weighted by atomic mass is 9.94. The van der Waals surface area contributed by atoms with Crippen molar-refractivity contribution in [2.24, 2.45) is 5.92 Å². The summed E-state index contributed by atoms with van der Waals surface area (Å²) in [5.41, 5.74) is -0.733. The smallest absolute Gasteiger partial charge is 0.444 e. The Morgan fingerprint density at radius 1 is 1.28 bits per heavy atom. The number of rotatable bonds is 4. The molecule has 1 fully saturated rings. The van der Waals surface area contributed by atoms with E-state index in [9.17, 15) is 18.4 Å². The largest absolute Gasteiger partial charge is 0.482 e. The first kappa shape index (κ1) is 22.4. The number of nitriles is 1. The van der Waals surface area contributed by atoms with Gasteiger partial charge in [0.25, 0.3) is 0 Å². The van der Waals surface area contributed by atoms with Gasteiger partial charge in [-0.3, -0.25) is 4.79 Å². The first-order valence-electron chi connectivity index (χ1n) is 9.28. The summed E-state index contributed by atoms with van der Waals surface area (Å²) in [6, 6.07) is 6.63. The third-order valence-corrected chi connectivity index (χ3v) is 4.38. The molecule has 0 bridgehead atoms. The molecule has 1 heterocycles. The maximum absolute atomic E-state index is 14.3. The van der Waals surface area contributed by atoms with Crippen LogP contribution in [0, 0.1) is 17.2 Å². The zero-order valence-corrected chi connectivity index (χ0v) is 16.9. The molecule has 0 spiro atoms. The number of para-hydroxylation sites is 1. The fourth-order valence-corrected chi connectivity index (χ4v) is 2.94. The summed E-state index contributed by atoms with van der Waals surface area (Å²) < 4.78 is 38.4. The van der Waals surface area contributed by atoms with Gasteiger partial charge in [0.15, 0.2) is 0 Å². The summed E-state index contributed by atoms with van der Waals surface area (Å²) in [7, 11) is 0. The molecule has 0 radical (unpaired) electrons. The standard InChI is InChI=1S/C20H25F2N3O4/c1-13-12-25(18(27)29-19(2,3)4)10-9-15(13)24-17(26)20(21,22)28-16-8-6-5-7-14(16)11-23/h5-8,13,15H,9-10,12H2,1-4H3,(H,24,26)/t13-,15-/m0/s1. The minimum Gasteiger partial charge on any atom is -0.444 e. The molecule has 0 aromatic heterocycles. The molecule has 158 valence electrons. The molecule has 2 rings (SSSR count). The van der Waals surface area contributed by atoms with Crippen molar-refractivity contribution in [1.29, 1.82) is 5.26 Å².